The Hall–Kier alpha value is -2.75. The van der Waals surface area contributed by atoms with Crippen molar-refractivity contribution in [3.63, 3.8) is 0 Å². The van der Waals surface area contributed by atoms with Crippen molar-refractivity contribution in [2.45, 2.75) is 20.4 Å². The number of ether oxygens (including phenoxy) is 1. The average molecular weight is 308 g/mol. The van der Waals surface area contributed by atoms with Gasteiger partial charge in [-0.15, -0.1) is 0 Å². The summed E-state index contributed by atoms with van der Waals surface area (Å²) in [6, 6.07) is 13.8. The summed E-state index contributed by atoms with van der Waals surface area (Å²) < 4.78 is 5.13. The van der Waals surface area contributed by atoms with Gasteiger partial charge in [0.15, 0.2) is 0 Å². The Kier molecular flexibility index (Phi) is 4.06. The lowest BCUT2D eigenvalue weighted by Crippen LogP contribution is -2.23. The number of methoxy groups -OCH3 is 1. The predicted molar refractivity (Wildman–Crippen MR) is 91.9 cm³/mol. The Morgan fingerprint density at radius 1 is 1.13 bits per heavy atom. The van der Waals surface area contributed by atoms with E-state index in [0.717, 1.165) is 27.8 Å². The second-order valence-electron chi connectivity index (χ2n) is 5.70. The molecular weight excluding hydrogens is 288 g/mol. The first-order chi connectivity index (χ1) is 11.1. The van der Waals surface area contributed by atoms with Crippen LogP contribution in [-0.4, -0.2) is 18.0 Å². The van der Waals surface area contributed by atoms with E-state index in [2.05, 4.69) is 23.3 Å². The zero-order valence-corrected chi connectivity index (χ0v) is 13.6. The van der Waals surface area contributed by atoms with Crippen LogP contribution in [0.1, 0.15) is 27.2 Å². The molecule has 1 aromatic heterocycles. The van der Waals surface area contributed by atoms with E-state index in [4.69, 9.17) is 4.74 Å². The number of hydrogen-bond donors (Lipinski definition) is 2. The molecule has 0 aliphatic heterocycles. The zero-order chi connectivity index (χ0) is 16.4. The summed E-state index contributed by atoms with van der Waals surface area (Å²) >= 11 is 0. The van der Waals surface area contributed by atoms with Crippen LogP contribution in [0.3, 0.4) is 0 Å². The molecule has 3 aromatic rings. The highest BCUT2D eigenvalue weighted by Crippen LogP contribution is 2.22. The summed E-state index contributed by atoms with van der Waals surface area (Å²) in [5.41, 5.74) is 4.81. The van der Waals surface area contributed by atoms with E-state index < -0.39 is 0 Å². The molecule has 0 radical (unpaired) electrons. The van der Waals surface area contributed by atoms with Crippen molar-refractivity contribution in [1.82, 2.24) is 10.3 Å². The van der Waals surface area contributed by atoms with E-state index in [1.165, 1.54) is 5.56 Å². The van der Waals surface area contributed by atoms with Crippen molar-refractivity contribution in [1.29, 1.82) is 0 Å². The number of hydrogen-bond acceptors (Lipinski definition) is 2. The summed E-state index contributed by atoms with van der Waals surface area (Å²) in [5, 5.41) is 4.05. The van der Waals surface area contributed by atoms with Gasteiger partial charge in [0.1, 0.15) is 11.4 Å². The second kappa shape index (κ2) is 6.16. The molecule has 4 heteroatoms. The molecule has 0 aliphatic carbocycles. The van der Waals surface area contributed by atoms with Crippen molar-refractivity contribution >= 4 is 16.8 Å². The van der Waals surface area contributed by atoms with Crippen LogP contribution in [0.2, 0.25) is 0 Å². The lowest BCUT2D eigenvalue weighted by atomic mass is 10.1. The molecule has 0 bridgehead atoms. The van der Waals surface area contributed by atoms with Gasteiger partial charge in [-0.2, -0.15) is 0 Å². The number of carbonyl (C=O) groups excluding carboxylic acids is 1. The van der Waals surface area contributed by atoms with Crippen LogP contribution in [0.4, 0.5) is 0 Å². The molecule has 0 unspecified atom stereocenters. The first-order valence-electron chi connectivity index (χ1n) is 7.58. The number of carbonyl (C=O) groups is 1. The molecule has 0 saturated heterocycles. The fourth-order valence-electron chi connectivity index (χ4n) is 2.68. The van der Waals surface area contributed by atoms with E-state index in [1.807, 2.05) is 43.3 Å². The molecule has 23 heavy (non-hydrogen) atoms. The number of H-pyrrole nitrogens is 1. The highest BCUT2D eigenvalue weighted by molar-refractivity contribution is 6.00. The summed E-state index contributed by atoms with van der Waals surface area (Å²) in [7, 11) is 1.64. The number of amides is 1. The molecule has 1 amide bonds. The third kappa shape index (κ3) is 3.06. The molecule has 0 saturated carbocycles. The van der Waals surface area contributed by atoms with E-state index in [1.54, 1.807) is 7.11 Å². The number of nitrogens with one attached hydrogen (secondary N) is 2. The van der Waals surface area contributed by atoms with Gasteiger partial charge in [0.05, 0.1) is 7.11 Å². The second-order valence-corrected chi connectivity index (χ2v) is 5.70. The number of fused-ring (bicyclic) bond motifs is 1. The quantitative estimate of drug-likeness (QED) is 0.771. The number of benzene rings is 2. The van der Waals surface area contributed by atoms with E-state index in [9.17, 15) is 4.79 Å². The maximum Gasteiger partial charge on any atom is 0.268 e. The first-order valence-corrected chi connectivity index (χ1v) is 7.58. The van der Waals surface area contributed by atoms with Gasteiger partial charge in [-0.25, -0.2) is 0 Å². The zero-order valence-electron chi connectivity index (χ0n) is 13.6. The summed E-state index contributed by atoms with van der Waals surface area (Å²) in [6.45, 7) is 4.51. The van der Waals surface area contributed by atoms with Crippen molar-refractivity contribution in [3.8, 4) is 5.75 Å². The Morgan fingerprint density at radius 2 is 1.87 bits per heavy atom. The number of aromatic amines is 1. The summed E-state index contributed by atoms with van der Waals surface area (Å²) in [5.74, 6) is 0.717. The first kappa shape index (κ1) is 15.2. The van der Waals surface area contributed by atoms with Gasteiger partial charge in [0, 0.05) is 17.4 Å². The van der Waals surface area contributed by atoms with Crippen LogP contribution < -0.4 is 10.1 Å². The lowest BCUT2D eigenvalue weighted by Gasteiger charge is -2.06. The highest BCUT2D eigenvalue weighted by atomic mass is 16.5. The molecule has 118 valence electrons. The van der Waals surface area contributed by atoms with E-state index in [0.29, 0.717) is 12.2 Å². The standard InChI is InChI=1S/C19H20N2O2/c1-12-4-9-17-16(10-12)13(2)18(21-17)19(22)20-11-14-5-7-15(23-3)8-6-14/h4-10,21H,11H2,1-3H3,(H,20,22). The monoisotopic (exact) mass is 308 g/mol. The number of rotatable bonds is 4. The molecule has 0 fully saturated rings. The topological polar surface area (TPSA) is 54.1 Å². The van der Waals surface area contributed by atoms with Crippen molar-refractivity contribution in [2.75, 3.05) is 7.11 Å². The van der Waals surface area contributed by atoms with Gasteiger partial charge in [-0.05, 0) is 49.2 Å². The largest absolute Gasteiger partial charge is 0.497 e. The lowest BCUT2D eigenvalue weighted by molar-refractivity contribution is 0.0946. The maximum atomic E-state index is 12.4. The van der Waals surface area contributed by atoms with Crippen LogP contribution in [0, 0.1) is 13.8 Å². The molecular formula is C19H20N2O2. The molecule has 0 aliphatic rings. The third-order valence-electron chi connectivity index (χ3n) is 4.05. The van der Waals surface area contributed by atoms with Crippen LogP contribution >= 0.6 is 0 Å². The minimum Gasteiger partial charge on any atom is -0.497 e. The van der Waals surface area contributed by atoms with Gasteiger partial charge in [0.2, 0.25) is 0 Å². The van der Waals surface area contributed by atoms with E-state index in [-0.39, 0.29) is 5.91 Å². The summed E-state index contributed by atoms with van der Waals surface area (Å²) in [4.78, 5) is 15.7. The van der Waals surface area contributed by atoms with Crippen LogP contribution in [0.5, 0.6) is 5.75 Å². The Bertz CT molecular complexity index is 848. The number of aromatic nitrogens is 1. The van der Waals surface area contributed by atoms with Crippen molar-refractivity contribution in [2.24, 2.45) is 0 Å². The molecule has 4 nitrogen and oxygen atoms in total. The highest BCUT2D eigenvalue weighted by Gasteiger charge is 2.14. The molecule has 3 rings (SSSR count). The minimum absolute atomic E-state index is 0.0906. The van der Waals surface area contributed by atoms with Crippen LogP contribution in [-0.2, 0) is 6.54 Å². The fourth-order valence-corrected chi connectivity index (χ4v) is 2.68. The Morgan fingerprint density at radius 3 is 2.57 bits per heavy atom. The molecule has 0 atom stereocenters. The maximum absolute atomic E-state index is 12.4. The van der Waals surface area contributed by atoms with Gasteiger partial charge in [-0.1, -0.05) is 23.8 Å². The van der Waals surface area contributed by atoms with Crippen LogP contribution in [0.15, 0.2) is 42.5 Å². The molecule has 1 heterocycles. The van der Waals surface area contributed by atoms with Gasteiger partial charge in [-0.3, -0.25) is 4.79 Å². The minimum atomic E-state index is -0.0906. The van der Waals surface area contributed by atoms with Gasteiger partial charge >= 0.3 is 0 Å². The number of aryl methyl sites for hydroxylation is 2. The Balaban J connectivity index is 1.76. The fraction of sp³-hybridized carbons (Fsp3) is 0.211. The van der Waals surface area contributed by atoms with Crippen LogP contribution in [0.25, 0.3) is 10.9 Å². The SMILES string of the molecule is COc1ccc(CNC(=O)c2[nH]c3ccc(C)cc3c2C)cc1. The van der Waals surface area contributed by atoms with Crippen molar-refractivity contribution < 1.29 is 9.53 Å². The van der Waals surface area contributed by atoms with Crippen molar-refractivity contribution in [3.05, 3.63) is 64.8 Å². The molecule has 2 N–H and O–H groups in total. The van der Waals surface area contributed by atoms with Gasteiger partial charge < -0.3 is 15.0 Å². The molecule has 2 aromatic carbocycles. The van der Waals surface area contributed by atoms with E-state index >= 15 is 0 Å². The molecule has 0 spiro atoms. The smallest absolute Gasteiger partial charge is 0.268 e. The third-order valence-corrected chi connectivity index (χ3v) is 4.05. The predicted octanol–water partition coefficient (Wildman–Crippen LogP) is 3.72. The van der Waals surface area contributed by atoms with Gasteiger partial charge in [0.25, 0.3) is 5.91 Å². The normalized spacial score (nSPS) is 10.7. The Labute approximate surface area is 135 Å². The average Bonchev–Trinajstić information content (AvgIpc) is 2.90. The summed E-state index contributed by atoms with van der Waals surface area (Å²) in [6.07, 6.45) is 0.